The molecule has 1 saturated heterocycles. The molecule has 5 heteroatoms. The first-order valence-corrected chi connectivity index (χ1v) is 9.07. The second-order valence-corrected chi connectivity index (χ2v) is 6.84. The minimum atomic E-state index is 0.0569. The van der Waals surface area contributed by atoms with Gasteiger partial charge < -0.3 is 15.1 Å². The van der Waals surface area contributed by atoms with Crippen LogP contribution in [0.15, 0.2) is 54.7 Å². The zero-order chi connectivity index (χ0) is 17.1. The van der Waals surface area contributed by atoms with Crippen LogP contribution >= 0.6 is 0 Å². The van der Waals surface area contributed by atoms with E-state index in [1.54, 1.807) is 0 Å². The van der Waals surface area contributed by atoms with Crippen molar-refractivity contribution in [3.05, 3.63) is 60.3 Å². The van der Waals surface area contributed by atoms with Crippen LogP contribution in [0.5, 0.6) is 0 Å². The maximum absolute atomic E-state index is 12.7. The molecule has 1 N–H and O–H groups in total. The van der Waals surface area contributed by atoms with Crippen molar-refractivity contribution < 1.29 is 4.79 Å². The van der Waals surface area contributed by atoms with Gasteiger partial charge in [-0.05, 0) is 36.5 Å². The molecule has 2 fully saturated rings. The van der Waals surface area contributed by atoms with Crippen LogP contribution in [0.1, 0.15) is 24.4 Å². The highest BCUT2D eigenvalue weighted by atomic mass is 16.2. The van der Waals surface area contributed by atoms with E-state index in [4.69, 9.17) is 0 Å². The Morgan fingerprint density at radius 3 is 2.36 bits per heavy atom. The third kappa shape index (κ3) is 3.76. The van der Waals surface area contributed by atoms with Crippen LogP contribution in [-0.4, -0.2) is 42.1 Å². The zero-order valence-electron chi connectivity index (χ0n) is 14.3. The summed E-state index contributed by atoms with van der Waals surface area (Å²) in [6, 6.07) is 16.5. The minimum absolute atomic E-state index is 0.0569. The fourth-order valence-electron chi connectivity index (χ4n) is 3.47. The number of carbonyl (C=O) groups excluding carboxylic acids is 1. The van der Waals surface area contributed by atoms with Gasteiger partial charge in [0.05, 0.1) is 6.04 Å². The largest absolute Gasteiger partial charge is 0.353 e. The number of piperazine rings is 1. The highest BCUT2D eigenvalue weighted by Crippen LogP contribution is 2.41. The quantitative estimate of drug-likeness (QED) is 0.933. The molecule has 5 nitrogen and oxygen atoms in total. The number of benzene rings is 1. The molecular formula is C20H24N4O. The number of pyridine rings is 1. The summed E-state index contributed by atoms with van der Waals surface area (Å²) >= 11 is 0. The van der Waals surface area contributed by atoms with Crippen LogP contribution in [0.4, 0.5) is 10.6 Å². The fourth-order valence-corrected chi connectivity index (χ4v) is 3.47. The summed E-state index contributed by atoms with van der Waals surface area (Å²) in [5, 5.41) is 3.27. The fraction of sp³-hybridized carbons (Fsp3) is 0.400. The van der Waals surface area contributed by atoms with Gasteiger partial charge in [0.2, 0.25) is 0 Å². The summed E-state index contributed by atoms with van der Waals surface area (Å²) in [6.45, 7) is 3.11. The number of hydrogen-bond acceptors (Lipinski definition) is 3. The molecule has 1 aromatic carbocycles. The summed E-state index contributed by atoms with van der Waals surface area (Å²) in [4.78, 5) is 21.3. The maximum Gasteiger partial charge on any atom is 0.318 e. The van der Waals surface area contributed by atoms with Crippen molar-refractivity contribution in [1.29, 1.82) is 0 Å². The van der Waals surface area contributed by atoms with Crippen LogP contribution in [0, 0.1) is 5.92 Å². The summed E-state index contributed by atoms with van der Waals surface area (Å²) in [6.07, 6.45) is 4.22. The molecule has 130 valence electrons. The Balaban J connectivity index is 1.36. The van der Waals surface area contributed by atoms with E-state index in [0.717, 1.165) is 32.0 Å². The summed E-state index contributed by atoms with van der Waals surface area (Å²) in [5.41, 5.74) is 1.21. The lowest BCUT2D eigenvalue weighted by Crippen LogP contribution is -2.52. The van der Waals surface area contributed by atoms with Gasteiger partial charge in [-0.25, -0.2) is 9.78 Å². The van der Waals surface area contributed by atoms with Gasteiger partial charge in [0.1, 0.15) is 5.82 Å². The predicted octanol–water partition coefficient (Wildman–Crippen LogP) is 3.06. The normalized spacial score (nSPS) is 18.7. The second-order valence-electron chi connectivity index (χ2n) is 6.84. The summed E-state index contributed by atoms with van der Waals surface area (Å²) in [7, 11) is 0. The molecule has 1 aromatic heterocycles. The molecule has 25 heavy (non-hydrogen) atoms. The van der Waals surface area contributed by atoms with Crippen molar-refractivity contribution >= 4 is 11.8 Å². The number of hydrogen-bond donors (Lipinski definition) is 1. The Labute approximate surface area is 148 Å². The van der Waals surface area contributed by atoms with Gasteiger partial charge in [0, 0.05) is 32.4 Å². The Morgan fingerprint density at radius 2 is 1.72 bits per heavy atom. The van der Waals surface area contributed by atoms with Crippen molar-refractivity contribution in [2.45, 2.75) is 18.9 Å². The Kier molecular flexibility index (Phi) is 4.55. The molecule has 2 heterocycles. The van der Waals surface area contributed by atoms with Gasteiger partial charge in [-0.3, -0.25) is 0 Å². The van der Waals surface area contributed by atoms with E-state index in [1.807, 2.05) is 47.5 Å². The van der Waals surface area contributed by atoms with Crippen molar-refractivity contribution in [3.8, 4) is 0 Å². The van der Waals surface area contributed by atoms with E-state index >= 15 is 0 Å². The van der Waals surface area contributed by atoms with E-state index in [0.29, 0.717) is 5.92 Å². The Hall–Kier alpha value is -2.56. The van der Waals surface area contributed by atoms with E-state index in [9.17, 15) is 4.79 Å². The van der Waals surface area contributed by atoms with Crippen LogP contribution in [0.25, 0.3) is 0 Å². The van der Waals surface area contributed by atoms with Gasteiger partial charge >= 0.3 is 6.03 Å². The monoisotopic (exact) mass is 336 g/mol. The highest BCUT2D eigenvalue weighted by Gasteiger charge is 2.34. The first kappa shape index (κ1) is 15.9. The molecule has 1 aliphatic carbocycles. The molecular weight excluding hydrogens is 312 g/mol. The number of amides is 2. The molecule has 0 spiro atoms. The SMILES string of the molecule is O=C(NC(c1ccccc1)C1CC1)N1CCN(c2ccccn2)CC1. The number of rotatable bonds is 4. The third-order valence-electron chi connectivity index (χ3n) is 5.07. The molecule has 0 radical (unpaired) electrons. The molecule has 1 aliphatic heterocycles. The summed E-state index contributed by atoms with van der Waals surface area (Å²) in [5.74, 6) is 1.57. The average Bonchev–Trinajstić information content (AvgIpc) is 3.52. The van der Waals surface area contributed by atoms with Crippen LogP contribution in [0.3, 0.4) is 0 Å². The van der Waals surface area contributed by atoms with Crippen LogP contribution in [-0.2, 0) is 0 Å². The van der Waals surface area contributed by atoms with E-state index in [1.165, 1.54) is 18.4 Å². The zero-order valence-corrected chi connectivity index (χ0v) is 14.3. The Bertz CT molecular complexity index is 694. The Morgan fingerprint density at radius 1 is 1.00 bits per heavy atom. The van der Waals surface area contributed by atoms with Gasteiger partial charge in [0.25, 0.3) is 0 Å². The molecule has 4 rings (SSSR count). The number of carbonyl (C=O) groups is 1. The van der Waals surface area contributed by atoms with E-state index < -0.39 is 0 Å². The first-order chi connectivity index (χ1) is 12.3. The lowest BCUT2D eigenvalue weighted by atomic mass is 10.0. The molecule has 1 saturated carbocycles. The van der Waals surface area contributed by atoms with Gasteiger partial charge in [-0.1, -0.05) is 36.4 Å². The topological polar surface area (TPSA) is 48.5 Å². The number of nitrogens with one attached hydrogen (secondary N) is 1. The molecule has 2 amide bonds. The van der Waals surface area contributed by atoms with Crippen LogP contribution in [0.2, 0.25) is 0 Å². The number of anilines is 1. The second kappa shape index (κ2) is 7.13. The maximum atomic E-state index is 12.7. The minimum Gasteiger partial charge on any atom is -0.353 e. The van der Waals surface area contributed by atoms with Crippen molar-refractivity contribution in [2.75, 3.05) is 31.1 Å². The average molecular weight is 336 g/mol. The molecule has 1 unspecified atom stereocenters. The van der Waals surface area contributed by atoms with Crippen molar-refractivity contribution in [2.24, 2.45) is 5.92 Å². The van der Waals surface area contributed by atoms with Crippen LogP contribution < -0.4 is 10.2 Å². The first-order valence-electron chi connectivity index (χ1n) is 9.07. The number of urea groups is 1. The summed E-state index contributed by atoms with van der Waals surface area (Å²) < 4.78 is 0. The smallest absolute Gasteiger partial charge is 0.318 e. The lowest BCUT2D eigenvalue weighted by Gasteiger charge is -2.36. The third-order valence-corrected chi connectivity index (χ3v) is 5.07. The number of nitrogens with zero attached hydrogens (tertiary/aromatic N) is 3. The van der Waals surface area contributed by atoms with Gasteiger partial charge in [-0.15, -0.1) is 0 Å². The van der Waals surface area contributed by atoms with Gasteiger partial charge in [0.15, 0.2) is 0 Å². The van der Waals surface area contributed by atoms with Gasteiger partial charge in [-0.2, -0.15) is 0 Å². The molecule has 2 aromatic rings. The number of aromatic nitrogens is 1. The predicted molar refractivity (Wildman–Crippen MR) is 98.5 cm³/mol. The standard InChI is InChI=1S/C20H24N4O/c25-20(22-19(17-9-10-17)16-6-2-1-3-7-16)24-14-12-23(13-15-24)18-8-4-5-11-21-18/h1-8,11,17,19H,9-10,12-15H2,(H,22,25). The highest BCUT2D eigenvalue weighted by molar-refractivity contribution is 5.75. The molecule has 0 bridgehead atoms. The molecule has 2 aliphatic rings. The lowest BCUT2D eigenvalue weighted by molar-refractivity contribution is 0.188. The van der Waals surface area contributed by atoms with Crippen molar-refractivity contribution in [1.82, 2.24) is 15.2 Å². The van der Waals surface area contributed by atoms with E-state index in [-0.39, 0.29) is 12.1 Å². The van der Waals surface area contributed by atoms with E-state index in [2.05, 4.69) is 27.3 Å². The molecule has 1 atom stereocenters. The van der Waals surface area contributed by atoms with Crippen molar-refractivity contribution in [3.63, 3.8) is 0 Å².